The topological polar surface area (TPSA) is 95.4 Å². The van der Waals surface area contributed by atoms with Crippen molar-refractivity contribution in [2.75, 3.05) is 31.1 Å². The lowest BCUT2D eigenvalue weighted by atomic mass is 9.99. The maximum absolute atomic E-state index is 16.3. The van der Waals surface area contributed by atoms with Crippen LogP contribution >= 0.6 is 0 Å². The number of piperazine rings is 1. The molecule has 0 saturated carbocycles. The summed E-state index contributed by atoms with van der Waals surface area (Å²) in [4.78, 5) is 15.8. The van der Waals surface area contributed by atoms with Gasteiger partial charge in [-0.25, -0.2) is 8.78 Å². The molecule has 10 heteroatoms. The van der Waals surface area contributed by atoms with Gasteiger partial charge in [0.1, 0.15) is 35.2 Å². The highest BCUT2D eigenvalue weighted by molar-refractivity contribution is 6.00. The largest absolute Gasteiger partial charge is 0.508 e. The van der Waals surface area contributed by atoms with Crippen molar-refractivity contribution >= 4 is 27.5 Å². The van der Waals surface area contributed by atoms with Crippen LogP contribution in [0.3, 0.4) is 0 Å². The Kier molecular flexibility index (Phi) is 5.74. The van der Waals surface area contributed by atoms with Crippen LogP contribution in [0.15, 0.2) is 36.5 Å². The second-order valence-corrected chi connectivity index (χ2v) is 10.5. The number of halogens is 2. The molecule has 3 N–H and O–H groups in total. The molecule has 4 aromatic rings. The second-order valence-electron chi connectivity index (χ2n) is 10.5. The molecule has 2 unspecified atom stereocenters. The van der Waals surface area contributed by atoms with Crippen molar-refractivity contribution in [2.24, 2.45) is 0 Å². The van der Waals surface area contributed by atoms with Gasteiger partial charge < -0.3 is 25.4 Å². The molecule has 3 saturated heterocycles. The zero-order chi connectivity index (χ0) is 25.8. The molecular formula is C28H28F2N6O2. The van der Waals surface area contributed by atoms with Crippen molar-refractivity contribution < 1.29 is 18.6 Å². The summed E-state index contributed by atoms with van der Waals surface area (Å²) in [5.41, 5.74) is 0.139. The van der Waals surface area contributed by atoms with Gasteiger partial charge in [-0.3, -0.25) is 4.98 Å². The number of aromatic nitrogens is 3. The summed E-state index contributed by atoms with van der Waals surface area (Å²) < 4.78 is 37.2. The second kappa shape index (κ2) is 9.28. The summed E-state index contributed by atoms with van der Waals surface area (Å²) in [6.45, 7) is 2.83. The molecule has 3 aliphatic rings. The maximum Gasteiger partial charge on any atom is 0.319 e. The molecule has 38 heavy (non-hydrogen) atoms. The molecular weight excluding hydrogens is 490 g/mol. The number of ether oxygens (including phenoxy) is 1. The Hall–Kier alpha value is -3.63. The number of nitrogens with zero attached hydrogens (tertiary/aromatic N) is 4. The van der Waals surface area contributed by atoms with Crippen molar-refractivity contribution in [3.05, 3.63) is 48.2 Å². The maximum atomic E-state index is 16.3. The standard InChI is InChI=1S/C28H28F2N6O2/c29-22-5-1-3-15-9-19(37)10-20(23(15)22)25-24(30)26-21(11-32-25)27(36-12-16-6-7-17(13-36)33-16)35-28(34-26)38-14-18-4-2-8-31-18/h1,3,5,9-11,16-18,31,33,37H,2,4,6-8,12-14H2/t16?,17?,18-/m0/s1. The molecule has 8 nitrogen and oxygen atoms in total. The average Bonchev–Trinajstić information content (AvgIpc) is 3.56. The van der Waals surface area contributed by atoms with E-state index in [9.17, 15) is 9.50 Å². The fourth-order valence-corrected chi connectivity index (χ4v) is 6.11. The van der Waals surface area contributed by atoms with E-state index in [1.165, 1.54) is 18.2 Å². The summed E-state index contributed by atoms with van der Waals surface area (Å²) in [6.07, 6.45) is 5.81. The number of pyridine rings is 1. The molecule has 3 aliphatic heterocycles. The number of anilines is 1. The molecule has 2 aromatic heterocycles. The van der Waals surface area contributed by atoms with Crippen LogP contribution in [-0.4, -0.2) is 64.4 Å². The van der Waals surface area contributed by atoms with Gasteiger partial charge in [-0.05, 0) is 55.8 Å². The third kappa shape index (κ3) is 4.08. The van der Waals surface area contributed by atoms with E-state index >= 15 is 4.39 Å². The van der Waals surface area contributed by atoms with Crippen LogP contribution in [0.2, 0.25) is 0 Å². The molecule has 0 radical (unpaired) electrons. The quantitative estimate of drug-likeness (QED) is 0.366. The third-order valence-electron chi connectivity index (χ3n) is 7.90. The van der Waals surface area contributed by atoms with Crippen LogP contribution in [0.5, 0.6) is 11.8 Å². The Labute approximate surface area is 218 Å². The van der Waals surface area contributed by atoms with E-state index in [1.807, 2.05) is 0 Å². The normalized spacial score (nSPS) is 23.0. The van der Waals surface area contributed by atoms with Gasteiger partial charge in [0, 0.05) is 48.4 Å². The number of benzene rings is 2. The molecule has 0 spiro atoms. The number of phenols is 1. The zero-order valence-corrected chi connectivity index (χ0v) is 20.8. The minimum atomic E-state index is -0.705. The first-order chi connectivity index (χ1) is 18.5. The van der Waals surface area contributed by atoms with E-state index in [-0.39, 0.29) is 40.0 Å². The van der Waals surface area contributed by atoms with Crippen molar-refractivity contribution in [2.45, 2.75) is 43.8 Å². The summed E-state index contributed by atoms with van der Waals surface area (Å²) in [5.74, 6) is -0.741. The Morgan fingerprint density at radius 3 is 2.71 bits per heavy atom. The van der Waals surface area contributed by atoms with Crippen LogP contribution in [0, 0.1) is 11.6 Å². The lowest BCUT2D eigenvalue weighted by Gasteiger charge is -2.34. The average molecular weight is 519 g/mol. The van der Waals surface area contributed by atoms with Gasteiger partial charge in [-0.2, -0.15) is 9.97 Å². The van der Waals surface area contributed by atoms with Crippen LogP contribution in [0.4, 0.5) is 14.6 Å². The Morgan fingerprint density at radius 1 is 1.08 bits per heavy atom. The first kappa shape index (κ1) is 23.5. The monoisotopic (exact) mass is 518 g/mol. The van der Waals surface area contributed by atoms with Crippen LogP contribution in [0.25, 0.3) is 32.9 Å². The number of rotatable bonds is 5. The highest BCUT2D eigenvalue weighted by atomic mass is 19.1. The smallest absolute Gasteiger partial charge is 0.319 e. The summed E-state index contributed by atoms with van der Waals surface area (Å²) in [6, 6.07) is 8.32. The van der Waals surface area contributed by atoms with Crippen LogP contribution in [-0.2, 0) is 0 Å². The van der Waals surface area contributed by atoms with Crippen molar-refractivity contribution in [3.8, 4) is 23.0 Å². The van der Waals surface area contributed by atoms with E-state index in [4.69, 9.17) is 9.72 Å². The van der Waals surface area contributed by atoms with Gasteiger partial charge >= 0.3 is 6.01 Å². The van der Waals surface area contributed by atoms with E-state index in [1.54, 1.807) is 18.3 Å². The highest BCUT2D eigenvalue weighted by Crippen LogP contribution is 2.38. The summed E-state index contributed by atoms with van der Waals surface area (Å²) in [7, 11) is 0. The molecule has 0 aliphatic carbocycles. The minimum absolute atomic E-state index is 0.0630. The fourth-order valence-electron chi connectivity index (χ4n) is 6.11. The molecule has 3 atom stereocenters. The zero-order valence-electron chi connectivity index (χ0n) is 20.8. The number of fused-ring (bicyclic) bond motifs is 4. The van der Waals surface area contributed by atoms with Gasteiger partial charge in [0.2, 0.25) is 0 Å². The van der Waals surface area contributed by atoms with Gasteiger partial charge in [-0.15, -0.1) is 0 Å². The van der Waals surface area contributed by atoms with Gasteiger partial charge in [0.15, 0.2) is 5.82 Å². The van der Waals surface area contributed by atoms with E-state index < -0.39 is 11.6 Å². The minimum Gasteiger partial charge on any atom is -0.508 e. The molecule has 7 rings (SSSR count). The SMILES string of the molecule is Oc1cc(-c2ncc3c(N4CC5CCC(C4)N5)nc(OC[C@@H]4CCCN4)nc3c2F)c2c(F)cccc2c1. The van der Waals surface area contributed by atoms with Crippen LogP contribution in [0.1, 0.15) is 25.7 Å². The van der Waals surface area contributed by atoms with Crippen molar-refractivity contribution in [1.82, 2.24) is 25.6 Å². The number of phenolic OH excluding ortho intramolecular Hbond substituents is 1. The van der Waals surface area contributed by atoms with Gasteiger partial charge in [0.05, 0.1) is 5.39 Å². The fraction of sp³-hybridized carbons (Fsp3) is 0.393. The molecule has 2 bridgehead atoms. The Bertz CT molecular complexity index is 1530. The number of hydrogen-bond donors (Lipinski definition) is 3. The molecule has 2 aromatic carbocycles. The first-order valence-electron chi connectivity index (χ1n) is 13.2. The lowest BCUT2D eigenvalue weighted by molar-refractivity contribution is 0.258. The Morgan fingerprint density at radius 2 is 1.92 bits per heavy atom. The number of hydrogen-bond acceptors (Lipinski definition) is 8. The van der Waals surface area contributed by atoms with Gasteiger partial charge in [0.25, 0.3) is 0 Å². The summed E-state index contributed by atoms with van der Waals surface area (Å²) in [5, 5.41) is 18.4. The first-order valence-corrected chi connectivity index (χ1v) is 13.2. The molecule has 196 valence electrons. The third-order valence-corrected chi connectivity index (χ3v) is 7.90. The van der Waals surface area contributed by atoms with E-state index in [0.29, 0.717) is 35.3 Å². The van der Waals surface area contributed by atoms with Crippen molar-refractivity contribution in [3.63, 3.8) is 0 Å². The Balaban J connectivity index is 1.38. The predicted octanol–water partition coefficient (Wildman–Crippen LogP) is 3.90. The predicted molar refractivity (Wildman–Crippen MR) is 141 cm³/mol. The highest BCUT2D eigenvalue weighted by Gasteiger charge is 2.34. The molecule has 0 amide bonds. The van der Waals surface area contributed by atoms with E-state index in [0.717, 1.165) is 45.3 Å². The number of nitrogens with one attached hydrogen (secondary N) is 2. The lowest BCUT2D eigenvalue weighted by Crippen LogP contribution is -2.51. The molecule has 3 fully saturated rings. The number of aromatic hydroxyl groups is 1. The van der Waals surface area contributed by atoms with Crippen LogP contribution < -0.4 is 20.3 Å². The molecule has 5 heterocycles. The summed E-state index contributed by atoms with van der Waals surface area (Å²) >= 11 is 0. The van der Waals surface area contributed by atoms with Crippen molar-refractivity contribution in [1.29, 1.82) is 0 Å². The van der Waals surface area contributed by atoms with Gasteiger partial charge in [-0.1, -0.05) is 12.1 Å². The van der Waals surface area contributed by atoms with E-state index in [2.05, 4.69) is 25.5 Å².